The Kier molecular flexibility index (Phi) is 6.68. The van der Waals surface area contributed by atoms with Crippen molar-refractivity contribution in [1.82, 2.24) is 5.43 Å². The van der Waals surface area contributed by atoms with Crippen LogP contribution in [-0.4, -0.2) is 23.0 Å². The van der Waals surface area contributed by atoms with Crippen LogP contribution in [0.3, 0.4) is 0 Å². The van der Waals surface area contributed by atoms with Gasteiger partial charge in [0.2, 0.25) is 0 Å². The molecule has 0 fully saturated rings. The van der Waals surface area contributed by atoms with Gasteiger partial charge in [0.25, 0.3) is 5.69 Å². The number of anilines is 1. The Morgan fingerprint density at radius 3 is 2.61 bits per heavy atom. The van der Waals surface area contributed by atoms with Crippen LogP contribution in [-0.2, 0) is 9.59 Å². The fourth-order valence-corrected chi connectivity index (χ4v) is 2.94. The maximum atomic E-state index is 12.0. The molecule has 0 saturated heterocycles. The van der Waals surface area contributed by atoms with Crippen molar-refractivity contribution in [1.29, 1.82) is 0 Å². The van der Waals surface area contributed by atoms with Gasteiger partial charge in [-0.3, -0.25) is 19.7 Å². The SMILES string of the molecule is Cc1cc([N+](=O)[O-])ccc1-c1ccc(/C=N/NC(=O)C(=O)Nc2cccc(Cl)c2Cl)o1. The van der Waals surface area contributed by atoms with Gasteiger partial charge in [-0.05, 0) is 42.8 Å². The number of halogens is 2. The molecule has 0 radical (unpaired) electrons. The Hall–Kier alpha value is -3.69. The minimum atomic E-state index is -1.02. The molecule has 3 aromatic rings. The van der Waals surface area contributed by atoms with Gasteiger partial charge in [-0.25, -0.2) is 5.43 Å². The number of benzene rings is 2. The number of furan rings is 1. The molecule has 0 aliphatic carbocycles. The highest BCUT2D eigenvalue weighted by molar-refractivity contribution is 6.45. The maximum Gasteiger partial charge on any atom is 0.329 e. The van der Waals surface area contributed by atoms with Crippen LogP contribution in [0.5, 0.6) is 0 Å². The van der Waals surface area contributed by atoms with Crippen LogP contribution in [0.4, 0.5) is 11.4 Å². The normalized spacial score (nSPS) is 10.8. The summed E-state index contributed by atoms with van der Waals surface area (Å²) < 4.78 is 5.61. The Bertz CT molecular complexity index is 1210. The number of hydrogen-bond donors (Lipinski definition) is 2. The summed E-state index contributed by atoms with van der Waals surface area (Å²) in [5.74, 6) is -1.24. The molecule has 2 aromatic carbocycles. The van der Waals surface area contributed by atoms with E-state index in [4.69, 9.17) is 27.6 Å². The first-order valence-corrected chi connectivity index (χ1v) is 9.45. The highest BCUT2D eigenvalue weighted by atomic mass is 35.5. The number of nitrogens with one attached hydrogen (secondary N) is 2. The minimum Gasteiger partial charge on any atom is -0.455 e. The third kappa shape index (κ3) is 5.27. The van der Waals surface area contributed by atoms with E-state index in [0.29, 0.717) is 22.6 Å². The lowest BCUT2D eigenvalue weighted by Gasteiger charge is -2.06. The Balaban J connectivity index is 1.62. The topological polar surface area (TPSA) is 127 Å². The third-order valence-corrected chi connectivity index (χ3v) is 4.90. The second kappa shape index (κ2) is 9.41. The van der Waals surface area contributed by atoms with Gasteiger partial charge in [-0.1, -0.05) is 29.3 Å². The summed E-state index contributed by atoms with van der Waals surface area (Å²) in [6.07, 6.45) is 1.21. The van der Waals surface area contributed by atoms with Crippen LogP contribution in [0.1, 0.15) is 11.3 Å². The van der Waals surface area contributed by atoms with Gasteiger partial charge in [-0.2, -0.15) is 5.10 Å². The van der Waals surface area contributed by atoms with Gasteiger partial charge < -0.3 is 9.73 Å². The van der Waals surface area contributed by atoms with E-state index in [9.17, 15) is 19.7 Å². The summed E-state index contributed by atoms with van der Waals surface area (Å²) in [5.41, 5.74) is 3.58. The molecular formula is C20H14Cl2N4O5. The molecule has 0 unspecified atom stereocenters. The molecule has 0 spiro atoms. The van der Waals surface area contributed by atoms with Crippen LogP contribution in [0, 0.1) is 17.0 Å². The largest absolute Gasteiger partial charge is 0.455 e. The van der Waals surface area contributed by atoms with Crippen LogP contribution in [0.15, 0.2) is 58.0 Å². The van der Waals surface area contributed by atoms with Crippen LogP contribution in [0.2, 0.25) is 10.0 Å². The minimum absolute atomic E-state index is 0.0188. The second-order valence-electron chi connectivity index (χ2n) is 6.21. The lowest BCUT2D eigenvalue weighted by atomic mass is 10.1. The molecule has 9 nitrogen and oxygen atoms in total. The fourth-order valence-electron chi connectivity index (χ4n) is 2.59. The lowest BCUT2D eigenvalue weighted by molar-refractivity contribution is -0.384. The predicted molar refractivity (Wildman–Crippen MR) is 116 cm³/mol. The number of nitro groups is 1. The highest BCUT2D eigenvalue weighted by Crippen LogP contribution is 2.29. The lowest BCUT2D eigenvalue weighted by Crippen LogP contribution is -2.32. The van der Waals surface area contributed by atoms with Crippen LogP contribution in [0.25, 0.3) is 11.3 Å². The summed E-state index contributed by atoms with van der Waals surface area (Å²) in [4.78, 5) is 34.2. The van der Waals surface area contributed by atoms with E-state index in [1.807, 2.05) is 0 Å². The van der Waals surface area contributed by atoms with Crippen molar-refractivity contribution in [2.45, 2.75) is 6.92 Å². The summed E-state index contributed by atoms with van der Waals surface area (Å²) in [5, 5.41) is 17.2. The standard InChI is InChI=1S/C20H14Cl2N4O5/c1-11-9-12(26(29)30)5-7-14(11)17-8-6-13(31-17)10-23-25-20(28)19(27)24-16-4-2-3-15(21)18(16)22/h2-10H,1H3,(H,24,27)(H,25,28)/b23-10+. The van der Waals surface area contributed by atoms with Crippen LogP contribution >= 0.6 is 23.2 Å². The van der Waals surface area contributed by atoms with E-state index in [1.54, 1.807) is 37.3 Å². The molecule has 2 N–H and O–H groups in total. The van der Waals surface area contributed by atoms with Gasteiger partial charge in [-0.15, -0.1) is 0 Å². The number of amides is 2. The molecule has 0 atom stereocenters. The van der Waals surface area contributed by atoms with Crippen LogP contribution < -0.4 is 10.7 Å². The van der Waals surface area contributed by atoms with Gasteiger partial charge in [0.1, 0.15) is 11.5 Å². The van der Waals surface area contributed by atoms with E-state index in [1.165, 1.54) is 24.4 Å². The Morgan fingerprint density at radius 1 is 1.13 bits per heavy atom. The number of carbonyl (C=O) groups excluding carboxylic acids is 2. The van der Waals surface area contributed by atoms with Crippen molar-refractivity contribution in [3.63, 3.8) is 0 Å². The number of rotatable bonds is 5. The van der Waals surface area contributed by atoms with Crippen molar-refractivity contribution < 1.29 is 18.9 Å². The summed E-state index contributed by atoms with van der Waals surface area (Å²) in [6.45, 7) is 1.73. The van der Waals surface area contributed by atoms with Gasteiger partial charge in [0, 0.05) is 17.7 Å². The molecule has 0 aliphatic rings. The van der Waals surface area contributed by atoms with Crippen molar-refractivity contribution in [2.24, 2.45) is 5.10 Å². The maximum absolute atomic E-state index is 12.0. The zero-order valence-corrected chi connectivity index (χ0v) is 17.4. The third-order valence-electron chi connectivity index (χ3n) is 4.08. The Morgan fingerprint density at radius 2 is 1.90 bits per heavy atom. The average molecular weight is 461 g/mol. The summed E-state index contributed by atoms with van der Waals surface area (Å²) in [7, 11) is 0. The van der Waals surface area contributed by atoms with Gasteiger partial charge in [0.15, 0.2) is 0 Å². The van der Waals surface area contributed by atoms with E-state index < -0.39 is 16.7 Å². The van der Waals surface area contributed by atoms with Crippen molar-refractivity contribution >= 4 is 52.6 Å². The fraction of sp³-hybridized carbons (Fsp3) is 0.0500. The number of carbonyl (C=O) groups is 2. The smallest absolute Gasteiger partial charge is 0.329 e. The monoisotopic (exact) mass is 460 g/mol. The first kappa shape index (κ1) is 22.0. The van der Waals surface area contributed by atoms with E-state index in [-0.39, 0.29) is 21.4 Å². The zero-order valence-electron chi connectivity index (χ0n) is 15.9. The van der Waals surface area contributed by atoms with Crippen molar-refractivity contribution in [2.75, 3.05) is 5.32 Å². The van der Waals surface area contributed by atoms with Crippen molar-refractivity contribution in [3.05, 3.63) is 80.0 Å². The molecule has 158 valence electrons. The molecule has 0 saturated carbocycles. The number of nitrogens with zero attached hydrogens (tertiary/aromatic N) is 2. The average Bonchev–Trinajstić information content (AvgIpc) is 3.19. The second-order valence-corrected chi connectivity index (χ2v) is 7.00. The number of nitro benzene ring substituents is 1. The van der Waals surface area contributed by atoms with Crippen molar-refractivity contribution in [3.8, 4) is 11.3 Å². The molecule has 2 amide bonds. The molecule has 31 heavy (non-hydrogen) atoms. The molecule has 1 heterocycles. The van der Waals surface area contributed by atoms with E-state index in [0.717, 1.165) is 0 Å². The molecule has 3 rings (SSSR count). The van der Waals surface area contributed by atoms with Gasteiger partial charge >= 0.3 is 11.8 Å². The number of non-ortho nitro benzene ring substituents is 1. The molecule has 0 bridgehead atoms. The predicted octanol–water partition coefficient (Wildman–Crippen LogP) is 4.56. The van der Waals surface area contributed by atoms with E-state index >= 15 is 0 Å². The Labute approximate surface area is 185 Å². The highest BCUT2D eigenvalue weighted by Gasteiger charge is 2.16. The molecular weight excluding hydrogens is 447 g/mol. The number of hydrogen-bond acceptors (Lipinski definition) is 6. The zero-order chi connectivity index (χ0) is 22.5. The quantitative estimate of drug-likeness (QED) is 0.249. The molecule has 1 aromatic heterocycles. The summed E-state index contributed by atoms with van der Waals surface area (Å²) in [6, 6.07) is 12.3. The molecule has 11 heteroatoms. The number of hydrazone groups is 1. The number of aryl methyl sites for hydroxylation is 1. The van der Waals surface area contributed by atoms with Gasteiger partial charge in [0.05, 0.1) is 26.9 Å². The first-order valence-electron chi connectivity index (χ1n) is 8.70. The summed E-state index contributed by atoms with van der Waals surface area (Å²) >= 11 is 11.8. The molecule has 0 aliphatic heterocycles. The first-order chi connectivity index (χ1) is 14.8. The van der Waals surface area contributed by atoms with E-state index in [2.05, 4.69) is 15.8 Å².